The minimum absolute atomic E-state index is 0.349. The van der Waals surface area contributed by atoms with Gasteiger partial charge in [-0.2, -0.15) is 11.8 Å². The summed E-state index contributed by atoms with van der Waals surface area (Å²) in [6.07, 6.45) is 2.96. The Labute approximate surface area is 126 Å². The smallest absolute Gasteiger partial charge is 0.119 e. The maximum Gasteiger partial charge on any atom is 0.119 e. The molecule has 1 saturated heterocycles. The number of hydrogen-bond donors (Lipinski definition) is 2. The van der Waals surface area contributed by atoms with Crippen LogP contribution in [0.4, 0.5) is 0 Å². The lowest BCUT2D eigenvalue weighted by Gasteiger charge is -2.24. The van der Waals surface area contributed by atoms with Crippen LogP contribution in [0.3, 0.4) is 0 Å². The van der Waals surface area contributed by atoms with Gasteiger partial charge in [0.25, 0.3) is 0 Å². The first-order valence-corrected chi connectivity index (χ1v) is 8.64. The average Bonchev–Trinajstić information content (AvgIpc) is 2.52. The van der Waals surface area contributed by atoms with E-state index in [2.05, 4.69) is 18.3 Å². The zero-order valence-electron chi connectivity index (χ0n) is 12.2. The maximum atomic E-state index is 9.97. The molecular formula is C16H25NO2S. The lowest BCUT2D eigenvalue weighted by Crippen LogP contribution is -2.39. The molecule has 1 aromatic carbocycles. The molecule has 2 rings (SSSR count). The fraction of sp³-hybridized carbons (Fsp3) is 0.625. The van der Waals surface area contributed by atoms with Gasteiger partial charge in [-0.05, 0) is 48.5 Å². The Morgan fingerprint density at radius 1 is 1.40 bits per heavy atom. The van der Waals surface area contributed by atoms with Gasteiger partial charge in [-0.25, -0.2) is 0 Å². The Morgan fingerprint density at radius 3 is 2.95 bits per heavy atom. The number of hydrogen-bond acceptors (Lipinski definition) is 4. The van der Waals surface area contributed by atoms with Crippen molar-refractivity contribution in [3.05, 3.63) is 29.8 Å². The van der Waals surface area contributed by atoms with Crippen molar-refractivity contribution in [2.45, 2.75) is 38.3 Å². The van der Waals surface area contributed by atoms with Crippen LogP contribution in [0.1, 0.15) is 25.3 Å². The Kier molecular flexibility index (Phi) is 6.70. The Balaban J connectivity index is 1.67. The number of aryl methyl sites for hydroxylation is 1. The molecule has 1 atom stereocenters. The summed E-state index contributed by atoms with van der Waals surface area (Å²) in [5.41, 5.74) is 1.26. The molecule has 1 unspecified atom stereocenters. The van der Waals surface area contributed by atoms with Gasteiger partial charge in [0, 0.05) is 12.6 Å². The molecule has 112 valence electrons. The Hall–Kier alpha value is -0.710. The second-order valence-corrected chi connectivity index (χ2v) is 6.49. The predicted octanol–water partition coefficient (Wildman–Crippen LogP) is 2.47. The minimum atomic E-state index is -0.449. The van der Waals surface area contributed by atoms with Crippen molar-refractivity contribution >= 4 is 11.8 Å². The molecule has 3 nitrogen and oxygen atoms in total. The fourth-order valence-corrected chi connectivity index (χ4v) is 3.42. The van der Waals surface area contributed by atoms with Gasteiger partial charge >= 0.3 is 0 Å². The summed E-state index contributed by atoms with van der Waals surface area (Å²) in [6, 6.07) is 8.63. The van der Waals surface area contributed by atoms with E-state index in [9.17, 15) is 5.11 Å². The van der Waals surface area contributed by atoms with Crippen LogP contribution in [-0.4, -0.2) is 41.9 Å². The lowest BCUT2D eigenvalue weighted by atomic mass is 10.1. The Bertz CT molecular complexity index is 394. The first kappa shape index (κ1) is 15.7. The topological polar surface area (TPSA) is 41.5 Å². The molecule has 1 aromatic rings. The second kappa shape index (κ2) is 8.55. The summed E-state index contributed by atoms with van der Waals surface area (Å²) in [5, 5.41) is 13.4. The number of rotatable bonds is 7. The highest BCUT2D eigenvalue weighted by atomic mass is 32.2. The van der Waals surface area contributed by atoms with E-state index >= 15 is 0 Å². The predicted molar refractivity (Wildman–Crippen MR) is 85.7 cm³/mol. The summed E-state index contributed by atoms with van der Waals surface area (Å²) in [7, 11) is 0. The van der Waals surface area contributed by atoms with Crippen LogP contribution >= 0.6 is 11.8 Å². The van der Waals surface area contributed by atoms with Crippen molar-refractivity contribution in [2.24, 2.45) is 0 Å². The van der Waals surface area contributed by atoms with Crippen LogP contribution in [0.15, 0.2) is 24.3 Å². The third kappa shape index (κ3) is 5.35. The third-order valence-electron chi connectivity index (χ3n) is 3.61. The van der Waals surface area contributed by atoms with Gasteiger partial charge in [0.1, 0.15) is 18.5 Å². The normalized spacial score (nSPS) is 17.9. The molecule has 1 fully saturated rings. The van der Waals surface area contributed by atoms with E-state index in [1.165, 1.54) is 29.9 Å². The number of aliphatic hydroxyl groups is 1. The van der Waals surface area contributed by atoms with Gasteiger partial charge in [-0.3, -0.25) is 0 Å². The molecule has 20 heavy (non-hydrogen) atoms. The van der Waals surface area contributed by atoms with Crippen LogP contribution in [0.5, 0.6) is 5.75 Å². The number of aliphatic hydroxyl groups excluding tert-OH is 1. The Morgan fingerprint density at radius 2 is 2.20 bits per heavy atom. The van der Waals surface area contributed by atoms with Gasteiger partial charge < -0.3 is 15.2 Å². The highest BCUT2D eigenvalue weighted by molar-refractivity contribution is 7.99. The average molecular weight is 295 g/mol. The van der Waals surface area contributed by atoms with E-state index in [4.69, 9.17) is 4.74 Å². The van der Waals surface area contributed by atoms with E-state index in [0.29, 0.717) is 19.2 Å². The van der Waals surface area contributed by atoms with Gasteiger partial charge in [0.15, 0.2) is 0 Å². The summed E-state index contributed by atoms with van der Waals surface area (Å²) in [6.45, 7) is 3.09. The fourth-order valence-electron chi connectivity index (χ4n) is 2.31. The van der Waals surface area contributed by atoms with Crippen molar-refractivity contribution in [3.63, 3.8) is 0 Å². The first-order valence-electron chi connectivity index (χ1n) is 7.49. The molecule has 0 spiro atoms. The lowest BCUT2D eigenvalue weighted by molar-refractivity contribution is 0.103. The summed E-state index contributed by atoms with van der Waals surface area (Å²) in [4.78, 5) is 0. The summed E-state index contributed by atoms with van der Waals surface area (Å²) >= 11 is 2.02. The molecule has 0 bridgehead atoms. The largest absolute Gasteiger partial charge is 0.491 e. The van der Waals surface area contributed by atoms with E-state index in [-0.39, 0.29) is 0 Å². The molecular weight excluding hydrogens is 270 g/mol. The van der Waals surface area contributed by atoms with Crippen molar-refractivity contribution in [3.8, 4) is 5.75 Å². The molecule has 1 heterocycles. The first-order chi connectivity index (χ1) is 9.78. The van der Waals surface area contributed by atoms with E-state index in [1.54, 1.807) is 0 Å². The molecule has 0 aromatic heterocycles. The van der Waals surface area contributed by atoms with E-state index in [1.807, 2.05) is 30.0 Å². The van der Waals surface area contributed by atoms with Gasteiger partial charge in [-0.15, -0.1) is 0 Å². The standard InChI is InChI=1S/C16H25NO2S/c1-2-13-4-3-5-16(10-13)19-12-15(18)11-17-14-6-8-20-9-7-14/h3-5,10,14-15,17-18H,2,6-9,11-12H2,1H3. The van der Waals surface area contributed by atoms with Crippen molar-refractivity contribution in [1.82, 2.24) is 5.32 Å². The zero-order chi connectivity index (χ0) is 14.2. The van der Waals surface area contributed by atoms with Gasteiger partial charge in [0.05, 0.1) is 0 Å². The maximum absolute atomic E-state index is 9.97. The molecule has 4 heteroatoms. The monoisotopic (exact) mass is 295 g/mol. The minimum Gasteiger partial charge on any atom is -0.491 e. The summed E-state index contributed by atoms with van der Waals surface area (Å²) in [5.74, 6) is 3.31. The number of nitrogens with one attached hydrogen (secondary N) is 1. The number of benzene rings is 1. The van der Waals surface area contributed by atoms with Gasteiger partial charge in [0.2, 0.25) is 0 Å². The molecule has 0 saturated carbocycles. The van der Waals surface area contributed by atoms with Crippen LogP contribution in [0, 0.1) is 0 Å². The van der Waals surface area contributed by atoms with Gasteiger partial charge in [-0.1, -0.05) is 19.1 Å². The SMILES string of the molecule is CCc1cccc(OCC(O)CNC2CCSCC2)c1. The van der Waals surface area contributed by atoms with Crippen molar-refractivity contribution < 1.29 is 9.84 Å². The molecule has 1 aliphatic heterocycles. The molecule has 0 aliphatic carbocycles. The molecule has 0 radical (unpaired) electrons. The van der Waals surface area contributed by atoms with Crippen LogP contribution in [-0.2, 0) is 6.42 Å². The van der Waals surface area contributed by atoms with Crippen LogP contribution in [0.2, 0.25) is 0 Å². The summed E-state index contributed by atoms with van der Waals surface area (Å²) < 4.78 is 5.66. The number of thioether (sulfide) groups is 1. The zero-order valence-corrected chi connectivity index (χ0v) is 13.0. The van der Waals surface area contributed by atoms with Crippen molar-refractivity contribution in [2.75, 3.05) is 24.7 Å². The number of ether oxygens (including phenoxy) is 1. The quantitative estimate of drug-likeness (QED) is 0.811. The highest BCUT2D eigenvalue weighted by Crippen LogP contribution is 2.17. The van der Waals surface area contributed by atoms with Crippen molar-refractivity contribution in [1.29, 1.82) is 0 Å². The van der Waals surface area contributed by atoms with Crippen LogP contribution < -0.4 is 10.1 Å². The second-order valence-electron chi connectivity index (χ2n) is 5.26. The van der Waals surface area contributed by atoms with E-state index < -0.39 is 6.10 Å². The molecule has 2 N–H and O–H groups in total. The van der Waals surface area contributed by atoms with E-state index in [0.717, 1.165) is 12.2 Å². The highest BCUT2D eigenvalue weighted by Gasteiger charge is 2.14. The third-order valence-corrected chi connectivity index (χ3v) is 4.66. The van der Waals surface area contributed by atoms with Crippen LogP contribution in [0.25, 0.3) is 0 Å². The molecule has 0 amide bonds. The molecule has 1 aliphatic rings.